The summed E-state index contributed by atoms with van der Waals surface area (Å²) in [7, 11) is 0. The number of nitrogens with zero attached hydrogens (tertiary/aromatic N) is 4. The van der Waals surface area contributed by atoms with Crippen LogP contribution in [0.4, 0.5) is 31.8 Å². The standard InChI is InChI=1S/C19H24F2N6/c1-12-14(20)7-15(22)17(16(12)21)27(23)13-8-24-18(25-9-13)26-10-19(11-26)5-3-2-4-6-19/h7-9H,2-6,10-11,22-23H2,1H3. The number of benzene rings is 1. The molecular formula is C19H24F2N6. The first-order valence-electron chi connectivity index (χ1n) is 9.26. The summed E-state index contributed by atoms with van der Waals surface area (Å²) in [6.07, 6.45) is 9.57. The van der Waals surface area contributed by atoms with Crippen molar-refractivity contribution in [2.75, 3.05) is 28.7 Å². The molecule has 1 aromatic heterocycles. The van der Waals surface area contributed by atoms with Gasteiger partial charge in [-0.3, -0.25) is 5.01 Å². The fourth-order valence-corrected chi connectivity index (χ4v) is 4.22. The van der Waals surface area contributed by atoms with E-state index in [9.17, 15) is 8.78 Å². The summed E-state index contributed by atoms with van der Waals surface area (Å²) in [5, 5.41) is 1.06. The summed E-state index contributed by atoms with van der Waals surface area (Å²) in [5.41, 5.74) is 6.28. The molecular weight excluding hydrogens is 350 g/mol. The van der Waals surface area contributed by atoms with Crippen molar-refractivity contribution in [1.29, 1.82) is 0 Å². The van der Waals surface area contributed by atoms with Crippen LogP contribution in [-0.2, 0) is 0 Å². The van der Waals surface area contributed by atoms with Crippen LogP contribution in [-0.4, -0.2) is 23.1 Å². The second-order valence-electron chi connectivity index (χ2n) is 7.76. The number of aromatic nitrogens is 2. The lowest BCUT2D eigenvalue weighted by molar-refractivity contribution is 0.137. The molecule has 0 amide bonds. The molecule has 0 atom stereocenters. The summed E-state index contributed by atoms with van der Waals surface area (Å²) < 4.78 is 28.1. The number of hydrogen-bond acceptors (Lipinski definition) is 6. The van der Waals surface area contributed by atoms with Crippen molar-refractivity contribution in [3.8, 4) is 0 Å². The molecule has 6 nitrogen and oxygen atoms in total. The Balaban J connectivity index is 1.51. The molecule has 2 heterocycles. The normalized spacial score (nSPS) is 18.4. The van der Waals surface area contributed by atoms with Crippen LogP contribution in [0.1, 0.15) is 37.7 Å². The molecule has 2 fully saturated rings. The molecule has 1 aliphatic carbocycles. The van der Waals surface area contributed by atoms with Crippen molar-refractivity contribution in [3.05, 3.63) is 35.7 Å². The topological polar surface area (TPSA) is 84.3 Å². The highest BCUT2D eigenvalue weighted by molar-refractivity contribution is 5.75. The van der Waals surface area contributed by atoms with Gasteiger partial charge in [0.05, 0.1) is 23.8 Å². The van der Waals surface area contributed by atoms with E-state index in [0.717, 1.165) is 24.2 Å². The summed E-state index contributed by atoms with van der Waals surface area (Å²) >= 11 is 0. The lowest BCUT2D eigenvalue weighted by Crippen LogP contribution is -2.57. The minimum atomic E-state index is -0.791. The molecule has 144 valence electrons. The summed E-state index contributed by atoms with van der Waals surface area (Å²) in [4.78, 5) is 10.9. The highest BCUT2D eigenvalue weighted by Crippen LogP contribution is 2.44. The molecule has 1 aromatic carbocycles. The Morgan fingerprint density at radius 1 is 1.11 bits per heavy atom. The van der Waals surface area contributed by atoms with Crippen molar-refractivity contribution in [2.45, 2.75) is 39.0 Å². The third-order valence-corrected chi connectivity index (χ3v) is 5.84. The van der Waals surface area contributed by atoms with Crippen LogP contribution in [0, 0.1) is 24.0 Å². The van der Waals surface area contributed by atoms with Crippen molar-refractivity contribution in [2.24, 2.45) is 11.3 Å². The third kappa shape index (κ3) is 3.07. The van der Waals surface area contributed by atoms with Gasteiger partial charge in [-0.25, -0.2) is 24.6 Å². The van der Waals surface area contributed by atoms with Gasteiger partial charge < -0.3 is 10.6 Å². The van der Waals surface area contributed by atoms with E-state index in [1.54, 1.807) is 0 Å². The van der Waals surface area contributed by atoms with E-state index in [2.05, 4.69) is 14.9 Å². The minimum Gasteiger partial charge on any atom is -0.397 e. The number of nitrogen functional groups attached to an aromatic ring is 1. The zero-order chi connectivity index (χ0) is 19.2. The predicted molar refractivity (Wildman–Crippen MR) is 102 cm³/mol. The van der Waals surface area contributed by atoms with Crippen molar-refractivity contribution in [1.82, 2.24) is 9.97 Å². The van der Waals surface area contributed by atoms with Crippen LogP contribution in [0.3, 0.4) is 0 Å². The van der Waals surface area contributed by atoms with Gasteiger partial charge in [0.2, 0.25) is 5.95 Å². The largest absolute Gasteiger partial charge is 0.397 e. The Hall–Kier alpha value is -2.48. The van der Waals surface area contributed by atoms with Gasteiger partial charge in [0.15, 0.2) is 5.82 Å². The molecule has 4 rings (SSSR count). The number of halogens is 2. The molecule has 2 aromatic rings. The highest BCUT2D eigenvalue weighted by Gasteiger charge is 2.44. The Labute approximate surface area is 157 Å². The molecule has 4 N–H and O–H groups in total. The van der Waals surface area contributed by atoms with Crippen LogP contribution in [0.5, 0.6) is 0 Å². The average molecular weight is 374 g/mol. The first kappa shape index (κ1) is 17.9. The van der Waals surface area contributed by atoms with E-state index in [1.165, 1.54) is 51.4 Å². The smallest absolute Gasteiger partial charge is 0.225 e. The van der Waals surface area contributed by atoms with Crippen LogP contribution in [0.2, 0.25) is 0 Å². The van der Waals surface area contributed by atoms with Crippen LogP contribution < -0.4 is 21.5 Å². The molecule has 1 spiro atoms. The highest BCUT2D eigenvalue weighted by atomic mass is 19.1. The maximum Gasteiger partial charge on any atom is 0.225 e. The molecule has 8 heteroatoms. The van der Waals surface area contributed by atoms with Gasteiger partial charge in [-0.05, 0) is 25.8 Å². The van der Waals surface area contributed by atoms with Crippen molar-refractivity contribution >= 4 is 23.0 Å². The van der Waals surface area contributed by atoms with Gasteiger partial charge in [0, 0.05) is 24.1 Å². The van der Waals surface area contributed by atoms with Gasteiger partial charge in [-0.15, -0.1) is 0 Å². The fraction of sp³-hybridized carbons (Fsp3) is 0.474. The van der Waals surface area contributed by atoms with Gasteiger partial charge >= 0.3 is 0 Å². The number of rotatable bonds is 3. The lowest BCUT2D eigenvalue weighted by Gasteiger charge is -2.52. The summed E-state index contributed by atoms with van der Waals surface area (Å²) in [6, 6.07) is 1.06. The molecule has 0 radical (unpaired) electrons. The molecule has 1 saturated carbocycles. The monoisotopic (exact) mass is 374 g/mol. The van der Waals surface area contributed by atoms with Crippen molar-refractivity contribution in [3.63, 3.8) is 0 Å². The average Bonchev–Trinajstić information content (AvgIpc) is 2.65. The van der Waals surface area contributed by atoms with E-state index < -0.39 is 11.6 Å². The maximum absolute atomic E-state index is 14.4. The number of anilines is 4. The van der Waals surface area contributed by atoms with Crippen LogP contribution >= 0.6 is 0 Å². The van der Waals surface area contributed by atoms with Crippen molar-refractivity contribution < 1.29 is 8.78 Å². The van der Waals surface area contributed by atoms with Gasteiger partial charge in [0.1, 0.15) is 11.5 Å². The summed E-state index contributed by atoms with van der Waals surface area (Å²) in [5.74, 6) is 5.17. The fourth-order valence-electron chi connectivity index (χ4n) is 4.22. The molecule has 27 heavy (non-hydrogen) atoms. The Morgan fingerprint density at radius 3 is 2.37 bits per heavy atom. The minimum absolute atomic E-state index is 0.0795. The zero-order valence-corrected chi connectivity index (χ0v) is 15.4. The quantitative estimate of drug-likeness (QED) is 0.486. The molecule has 1 aliphatic heterocycles. The predicted octanol–water partition coefficient (Wildman–Crippen LogP) is 3.43. The maximum atomic E-state index is 14.4. The molecule has 2 aliphatic rings. The molecule has 0 bridgehead atoms. The van der Waals surface area contributed by atoms with E-state index in [1.807, 2.05) is 0 Å². The first-order chi connectivity index (χ1) is 12.9. The number of nitrogens with two attached hydrogens (primary N) is 2. The van der Waals surface area contributed by atoms with Gasteiger partial charge in [0.25, 0.3) is 0 Å². The summed E-state index contributed by atoms with van der Waals surface area (Å²) in [6.45, 7) is 3.31. The van der Waals surface area contributed by atoms with E-state index in [-0.39, 0.29) is 16.9 Å². The second kappa shape index (κ2) is 6.60. The zero-order valence-electron chi connectivity index (χ0n) is 15.4. The van der Waals surface area contributed by atoms with Crippen LogP contribution in [0.15, 0.2) is 18.5 Å². The third-order valence-electron chi connectivity index (χ3n) is 5.84. The van der Waals surface area contributed by atoms with E-state index in [4.69, 9.17) is 11.6 Å². The van der Waals surface area contributed by atoms with Gasteiger partial charge in [-0.1, -0.05) is 19.3 Å². The molecule has 1 saturated heterocycles. The lowest BCUT2D eigenvalue weighted by atomic mass is 9.69. The Morgan fingerprint density at radius 2 is 1.74 bits per heavy atom. The van der Waals surface area contributed by atoms with E-state index >= 15 is 0 Å². The first-order valence-corrected chi connectivity index (χ1v) is 9.26. The Kier molecular flexibility index (Phi) is 4.38. The number of hydrazine groups is 1. The number of hydrogen-bond donors (Lipinski definition) is 2. The van der Waals surface area contributed by atoms with Crippen LogP contribution in [0.25, 0.3) is 0 Å². The Bertz CT molecular complexity index is 840. The second-order valence-corrected chi connectivity index (χ2v) is 7.76. The van der Waals surface area contributed by atoms with E-state index in [0.29, 0.717) is 17.1 Å². The molecule has 0 unspecified atom stereocenters. The SMILES string of the molecule is Cc1c(F)cc(N)c(N(N)c2cnc(N3CC4(CCCCC4)C3)nc2)c1F. The van der Waals surface area contributed by atoms with Gasteiger partial charge in [-0.2, -0.15) is 0 Å².